The summed E-state index contributed by atoms with van der Waals surface area (Å²) >= 11 is 0. The molecule has 0 fully saturated rings. The third-order valence-electron chi connectivity index (χ3n) is 0. The Labute approximate surface area is 165 Å². The van der Waals surface area contributed by atoms with Crippen LogP contribution in [-0.2, 0) is 92.2 Å². The summed E-state index contributed by atoms with van der Waals surface area (Å²) in [5.74, 6) is 0. The fourth-order valence-electron chi connectivity index (χ4n) is 0. The van der Waals surface area contributed by atoms with Crippen molar-refractivity contribution < 1.29 is 92.2 Å². The molecule has 0 unspecified atom stereocenters. The number of hydrogen-bond donors (Lipinski definition) is 0. The monoisotopic (exact) mass is 458 g/mol. The molecule has 131 valence electrons. The van der Waals surface area contributed by atoms with E-state index in [4.69, 9.17) is 41.9 Å². The van der Waals surface area contributed by atoms with Gasteiger partial charge in [0.15, 0.2) is 0 Å². The van der Waals surface area contributed by atoms with Crippen LogP contribution in [0.1, 0.15) is 6.92 Å². The van der Waals surface area contributed by atoms with Crippen molar-refractivity contribution in [3.8, 4) is 0 Å². The molecule has 3 radical (unpaired) electrons. The van der Waals surface area contributed by atoms with Crippen LogP contribution in [0.4, 0.5) is 0 Å². The molecule has 0 saturated heterocycles. The van der Waals surface area contributed by atoms with Crippen molar-refractivity contribution >= 4 is 0 Å². The summed E-state index contributed by atoms with van der Waals surface area (Å²) in [6.45, 7) is 45.5. The molecule has 12 heteroatoms. The minimum absolute atomic E-state index is 0. The Balaban J connectivity index is -0.00000000433. The van der Waals surface area contributed by atoms with Gasteiger partial charge in [0, 0.05) is 50.3 Å². The van der Waals surface area contributed by atoms with Gasteiger partial charge in [-0.1, -0.05) is 0 Å². The minimum atomic E-state index is 0. The van der Waals surface area contributed by atoms with Gasteiger partial charge in [0.2, 0.25) is 0 Å². The molecule has 0 heterocycles. The molecule has 0 bridgehead atoms. The van der Waals surface area contributed by atoms with Crippen LogP contribution in [0.2, 0.25) is 0 Å². The summed E-state index contributed by atoms with van der Waals surface area (Å²) in [6.07, 6.45) is 0. The Morgan fingerprint density at radius 3 is 0.304 bits per heavy atom. The Bertz CT molecular complexity index is 161. The molecule has 0 amide bonds. The first-order chi connectivity index (χ1) is 10.0. The third kappa shape index (κ3) is 11600. The quantitative estimate of drug-likeness (QED) is 0.363. The summed E-state index contributed by atoms with van der Waals surface area (Å²) in [5.41, 5.74) is 0. The summed E-state index contributed by atoms with van der Waals surface area (Å²) in [6, 6.07) is 0. The number of rotatable bonds is 0. The van der Waals surface area contributed by atoms with Gasteiger partial charge in [-0.05, 0) is 0 Å². The molecule has 23 heavy (non-hydrogen) atoms. The second-order valence-corrected chi connectivity index (χ2v) is 0. The van der Waals surface area contributed by atoms with E-state index >= 15 is 0 Å². The van der Waals surface area contributed by atoms with Crippen molar-refractivity contribution in [1.82, 2.24) is 0 Å². The molecule has 0 saturated carbocycles. The van der Waals surface area contributed by atoms with E-state index in [0.29, 0.717) is 0 Å². The molecule has 9 nitrogen and oxygen atoms in total. The molecule has 0 aromatic heterocycles. The predicted molar refractivity (Wildman–Crippen MR) is 46.4 cm³/mol. The first kappa shape index (κ1) is 118. The standard InChI is InChI=1S/C2H5.9CO.3Co/c10*1-2;;;/h1H2,2H3;;;;;;;;;;;;/q-1;;;;;;;;;;;;. The molecule has 0 spiro atoms. The van der Waals surface area contributed by atoms with Gasteiger partial charge >= 0.3 is 102 Å². The van der Waals surface area contributed by atoms with Gasteiger partial charge in [-0.25, -0.2) is 0 Å². The molecular formula is C11H5Co3O9-. The van der Waals surface area contributed by atoms with Crippen LogP contribution in [0, 0.1) is 66.8 Å². The van der Waals surface area contributed by atoms with Crippen LogP contribution in [0.3, 0.4) is 0 Å². The fraction of sp³-hybridized carbons (Fsp3) is 0.0909. The van der Waals surface area contributed by atoms with E-state index in [1.54, 1.807) is 6.92 Å². The van der Waals surface area contributed by atoms with E-state index in [2.05, 4.69) is 66.8 Å². The number of hydrogen-bond acceptors (Lipinski definition) is 0. The molecule has 0 aromatic carbocycles. The van der Waals surface area contributed by atoms with Gasteiger partial charge in [-0.2, -0.15) is 6.92 Å². The smallest absolute Gasteiger partial charge is 0 e. The molecule has 0 aliphatic heterocycles. The Kier molecular flexibility index (Phi) is 65800. The van der Waals surface area contributed by atoms with Gasteiger partial charge in [0.05, 0.1) is 0 Å². The van der Waals surface area contributed by atoms with E-state index < -0.39 is 0 Å². The topological polar surface area (TPSA) is 179 Å². The summed E-state index contributed by atoms with van der Waals surface area (Å²) < 4.78 is 67.5. The van der Waals surface area contributed by atoms with Crippen molar-refractivity contribution in [3.05, 3.63) is 66.8 Å². The van der Waals surface area contributed by atoms with Crippen LogP contribution >= 0.6 is 0 Å². The summed E-state index contributed by atoms with van der Waals surface area (Å²) in [4.78, 5) is 0. The first-order valence-corrected chi connectivity index (χ1v) is 2.54. The van der Waals surface area contributed by atoms with Crippen molar-refractivity contribution in [1.29, 1.82) is 0 Å². The molecule has 0 rings (SSSR count). The molecular weight excluding hydrogens is 453 g/mol. The second kappa shape index (κ2) is 12800. The van der Waals surface area contributed by atoms with Crippen molar-refractivity contribution in [2.24, 2.45) is 0 Å². The van der Waals surface area contributed by atoms with Gasteiger partial charge in [-0.15, -0.1) is 0 Å². The van der Waals surface area contributed by atoms with Crippen LogP contribution < -0.4 is 0 Å². The van der Waals surface area contributed by atoms with Crippen LogP contribution in [0.25, 0.3) is 0 Å². The zero-order valence-electron chi connectivity index (χ0n) is 10.9. The average Bonchev–Trinajstić information content (AvgIpc) is 2.71. The average molecular weight is 458 g/mol. The van der Waals surface area contributed by atoms with E-state index in [0.717, 1.165) is 0 Å². The third-order valence-corrected chi connectivity index (χ3v) is 0. The van der Waals surface area contributed by atoms with Crippen molar-refractivity contribution in [3.63, 3.8) is 0 Å². The molecule has 0 atom stereocenters. The zero-order valence-corrected chi connectivity index (χ0v) is 14.0. The largest absolute Gasteiger partial charge is 0.346 e. The van der Waals surface area contributed by atoms with Crippen LogP contribution in [0.5, 0.6) is 0 Å². The van der Waals surface area contributed by atoms with Crippen LogP contribution in [0.15, 0.2) is 0 Å². The fourth-order valence-corrected chi connectivity index (χ4v) is 0. The molecule has 0 N–H and O–H groups in total. The van der Waals surface area contributed by atoms with Gasteiger partial charge in [0.25, 0.3) is 0 Å². The minimum Gasteiger partial charge on any atom is -0.346 e. The zero-order chi connectivity index (χ0) is 20.0. The second-order valence-electron chi connectivity index (χ2n) is 0. The Morgan fingerprint density at radius 2 is 0.304 bits per heavy atom. The van der Waals surface area contributed by atoms with E-state index in [9.17, 15) is 0 Å². The van der Waals surface area contributed by atoms with E-state index in [-0.39, 0.29) is 50.3 Å². The van der Waals surface area contributed by atoms with E-state index in [1.165, 1.54) is 0 Å². The van der Waals surface area contributed by atoms with Gasteiger partial charge in [0.1, 0.15) is 0 Å². The summed E-state index contributed by atoms with van der Waals surface area (Å²) in [5, 5.41) is 0. The molecule has 0 aliphatic rings. The van der Waals surface area contributed by atoms with Crippen molar-refractivity contribution in [2.45, 2.75) is 6.92 Å². The maximum absolute atomic E-state index is 7.50. The van der Waals surface area contributed by atoms with Crippen molar-refractivity contribution in [2.75, 3.05) is 0 Å². The Hall–Kier alpha value is -0.821. The van der Waals surface area contributed by atoms with Gasteiger partial charge < -0.3 is 6.92 Å². The van der Waals surface area contributed by atoms with Crippen LogP contribution in [-0.4, -0.2) is 0 Å². The normalized spacial score (nSPS) is 1.04. The molecule has 0 aromatic rings. The molecule has 0 aliphatic carbocycles. The SMILES string of the molecule is [C-]#[O+].[C-]#[O+].[C-]#[O+].[C-]#[O+].[C-]#[O+].[C-]#[O+].[C-]#[O+].[C-]#[O+].[C-]#[O+].[CH2-]C.[Co].[Co].[Co]. The first-order valence-electron chi connectivity index (χ1n) is 2.54. The Morgan fingerprint density at radius 1 is 0.304 bits per heavy atom. The van der Waals surface area contributed by atoms with E-state index in [1.807, 2.05) is 0 Å². The summed E-state index contributed by atoms with van der Waals surface area (Å²) in [7, 11) is 0. The maximum atomic E-state index is 7.50. The van der Waals surface area contributed by atoms with Gasteiger partial charge in [-0.3, -0.25) is 0 Å². The maximum Gasteiger partial charge on any atom is 0 e. The predicted octanol–water partition coefficient (Wildman–Crippen LogP) is 0.495.